The number of carbonyl (C=O) groups excluding carboxylic acids is 1. The van der Waals surface area contributed by atoms with Crippen LogP contribution in [0.25, 0.3) is 5.78 Å². The Morgan fingerprint density at radius 1 is 1.33 bits per heavy atom. The van der Waals surface area contributed by atoms with E-state index in [1.54, 1.807) is 10.6 Å². The van der Waals surface area contributed by atoms with Crippen LogP contribution in [0.2, 0.25) is 0 Å². The molecule has 1 aliphatic rings. The van der Waals surface area contributed by atoms with E-state index in [0.29, 0.717) is 31.0 Å². The summed E-state index contributed by atoms with van der Waals surface area (Å²) in [5, 5.41) is 7.06. The molecule has 140 valence electrons. The standard InChI is InChI=1S/C19H21N5O3/c1-12(2)15-9-14(23-19-21-11-22-24(15)19)18(25)20-8-7-13-10-26-16-5-3-4-6-17(16)27-13/h3-6,9,11-13H,7-8,10H2,1-2H3,(H,20,25)/t13-/m1/s1. The number of fused-ring (bicyclic) bond motifs is 2. The fraction of sp³-hybridized carbons (Fsp3) is 0.368. The topological polar surface area (TPSA) is 90.6 Å². The van der Waals surface area contributed by atoms with E-state index < -0.39 is 0 Å². The zero-order valence-electron chi connectivity index (χ0n) is 15.3. The molecule has 0 saturated heterocycles. The number of nitrogens with one attached hydrogen (secondary N) is 1. The van der Waals surface area contributed by atoms with Gasteiger partial charge >= 0.3 is 0 Å². The number of amides is 1. The van der Waals surface area contributed by atoms with Gasteiger partial charge in [-0.05, 0) is 24.1 Å². The van der Waals surface area contributed by atoms with Crippen molar-refractivity contribution >= 4 is 11.7 Å². The van der Waals surface area contributed by atoms with Gasteiger partial charge in [0.25, 0.3) is 11.7 Å². The predicted molar refractivity (Wildman–Crippen MR) is 98.2 cm³/mol. The van der Waals surface area contributed by atoms with Crippen molar-refractivity contribution in [2.75, 3.05) is 13.2 Å². The first-order chi connectivity index (χ1) is 13.1. The van der Waals surface area contributed by atoms with Crippen LogP contribution in [0.1, 0.15) is 42.4 Å². The Balaban J connectivity index is 1.38. The van der Waals surface area contributed by atoms with Gasteiger partial charge in [0.1, 0.15) is 24.7 Å². The van der Waals surface area contributed by atoms with Crippen molar-refractivity contribution in [3.8, 4) is 11.5 Å². The summed E-state index contributed by atoms with van der Waals surface area (Å²) in [6, 6.07) is 9.34. The second-order valence-corrected chi connectivity index (χ2v) is 6.73. The highest BCUT2D eigenvalue weighted by Gasteiger charge is 2.21. The molecule has 2 aromatic heterocycles. The number of hydrogen-bond acceptors (Lipinski definition) is 6. The Kier molecular flexibility index (Phi) is 4.62. The summed E-state index contributed by atoms with van der Waals surface area (Å²) in [4.78, 5) is 20.9. The lowest BCUT2D eigenvalue weighted by Gasteiger charge is -2.26. The second kappa shape index (κ2) is 7.22. The minimum atomic E-state index is -0.237. The molecule has 0 saturated carbocycles. The van der Waals surface area contributed by atoms with Crippen LogP contribution in [0, 0.1) is 0 Å². The third-order valence-electron chi connectivity index (χ3n) is 4.42. The van der Waals surface area contributed by atoms with Crippen molar-refractivity contribution in [1.29, 1.82) is 0 Å². The number of para-hydroxylation sites is 2. The Morgan fingerprint density at radius 2 is 2.15 bits per heavy atom. The molecule has 1 N–H and O–H groups in total. The zero-order valence-corrected chi connectivity index (χ0v) is 15.3. The van der Waals surface area contributed by atoms with Gasteiger partial charge in [-0.25, -0.2) is 9.50 Å². The van der Waals surface area contributed by atoms with Gasteiger partial charge in [0.15, 0.2) is 11.5 Å². The highest BCUT2D eigenvalue weighted by atomic mass is 16.6. The van der Waals surface area contributed by atoms with Gasteiger partial charge in [0.2, 0.25) is 0 Å². The molecule has 3 heterocycles. The van der Waals surface area contributed by atoms with E-state index in [1.165, 1.54) is 6.33 Å². The molecule has 3 aromatic rings. The van der Waals surface area contributed by atoms with Gasteiger partial charge in [-0.3, -0.25) is 4.79 Å². The summed E-state index contributed by atoms with van der Waals surface area (Å²) < 4.78 is 13.3. The molecule has 1 atom stereocenters. The molecule has 1 amide bonds. The van der Waals surface area contributed by atoms with E-state index in [1.807, 2.05) is 38.1 Å². The summed E-state index contributed by atoms with van der Waals surface area (Å²) in [7, 11) is 0. The van der Waals surface area contributed by atoms with Crippen LogP contribution in [-0.2, 0) is 0 Å². The summed E-state index contributed by atoms with van der Waals surface area (Å²) in [5.74, 6) is 1.87. The third kappa shape index (κ3) is 3.55. The van der Waals surface area contributed by atoms with Crippen LogP contribution in [0.3, 0.4) is 0 Å². The normalized spacial score (nSPS) is 15.9. The molecule has 0 aliphatic carbocycles. The van der Waals surface area contributed by atoms with Gasteiger partial charge in [0.05, 0.1) is 5.69 Å². The van der Waals surface area contributed by atoms with Crippen molar-refractivity contribution in [3.63, 3.8) is 0 Å². The lowest BCUT2D eigenvalue weighted by atomic mass is 10.1. The Labute approximate surface area is 156 Å². The number of hydrogen-bond donors (Lipinski definition) is 1. The number of rotatable bonds is 5. The van der Waals surface area contributed by atoms with Crippen LogP contribution in [0.15, 0.2) is 36.7 Å². The van der Waals surface area contributed by atoms with Crippen LogP contribution >= 0.6 is 0 Å². The number of benzene rings is 1. The van der Waals surface area contributed by atoms with Crippen LogP contribution < -0.4 is 14.8 Å². The first-order valence-corrected chi connectivity index (χ1v) is 8.99. The quantitative estimate of drug-likeness (QED) is 0.743. The number of ether oxygens (including phenoxy) is 2. The molecule has 0 bridgehead atoms. The molecule has 8 nitrogen and oxygen atoms in total. The Bertz CT molecular complexity index is 969. The van der Waals surface area contributed by atoms with E-state index in [-0.39, 0.29) is 17.9 Å². The first kappa shape index (κ1) is 17.3. The Hall–Kier alpha value is -3.16. The lowest BCUT2D eigenvalue weighted by molar-refractivity contribution is 0.0811. The van der Waals surface area contributed by atoms with Crippen molar-refractivity contribution in [2.24, 2.45) is 0 Å². The fourth-order valence-corrected chi connectivity index (χ4v) is 3.01. The van der Waals surface area contributed by atoms with Crippen LogP contribution in [0.4, 0.5) is 0 Å². The molecule has 0 spiro atoms. The first-order valence-electron chi connectivity index (χ1n) is 8.99. The van der Waals surface area contributed by atoms with Crippen molar-refractivity contribution in [2.45, 2.75) is 32.3 Å². The predicted octanol–water partition coefficient (Wildman–Crippen LogP) is 2.21. The van der Waals surface area contributed by atoms with Crippen molar-refractivity contribution in [3.05, 3.63) is 48.0 Å². The molecule has 4 rings (SSSR count). The van der Waals surface area contributed by atoms with E-state index in [2.05, 4.69) is 20.4 Å². The van der Waals surface area contributed by atoms with E-state index in [9.17, 15) is 4.79 Å². The maximum absolute atomic E-state index is 12.5. The highest BCUT2D eigenvalue weighted by molar-refractivity contribution is 5.92. The van der Waals surface area contributed by atoms with E-state index >= 15 is 0 Å². The molecule has 1 aromatic carbocycles. The Morgan fingerprint density at radius 3 is 2.96 bits per heavy atom. The highest BCUT2D eigenvalue weighted by Crippen LogP contribution is 2.31. The molecule has 27 heavy (non-hydrogen) atoms. The molecule has 1 aliphatic heterocycles. The van der Waals surface area contributed by atoms with Gasteiger partial charge in [-0.2, -0.15) is 10.1 Å². The SMILES string of the molecule is CC(C)c1cc(C(=O)NCC[C@@H]2COc3ccccc3O2)nc2ncnn12. The van der Waals surface area contributed by atoms with E-state index in [4.69, 9.17) is 9.47 Å². The molecular formula is C19H21N5O3. The average Bonchev–Trinajstić information content (AvgIpc) is 3.15. The summed E-state index contributed by atoms with van der Waals surface area (Å²) in [5.41, 5.74) is 1.23. The summed E-state index contributed by atoms with van der Waals surface area (Å²) in [6.07, 6.45) is 1.98. The van der Waals surface area contributed by atoms with Gasteiger partial charge in [-0.15, -0.1) is 0 Å². The molecular weight excluding hydrogens is 346 g/mol. The second-order valence-electron chi connectivity index (χ2n) is 6.73. The molecule has 0 fully saturated rings. The van der Waals surface area contributed by atoms with Crippen LogP contribution in [-0.4, -0.2) is 44.7 Å². The van der Waals surface area contributed by atoms with E-state index in [0.717, 1.165) is 17.2 Å². The van der Waals surface area contributed by atoms with Gasteiger partial charge < -0.3 is 14.8 Å². The number of carbonyl (C=O) groups is 1. The van der Waals surface area contributed by atoms with Crippen molar-refractivity contribution in [1.82, 2.24) is 24.9 Å². The minimum absolute atomic E-state index is 0.0987. The minimum Gasteiger partial charge on any atom is -0.486 e. The van der Waals surface area contributed by atoms with Gasteiger partial charge in [0, 0.05) is 13.0 Å². The largest absolute Gasteiger partial charge is 0.486 e. The average molecular weight is 367 g/mol. The lowest BCUT2D eigenvalue weighted by Crippen LogP contribution is -2.34. The number of aromatic nitrogens is 4. The number of nitrogens with zero attached hydrogens (tertiary/aromatic N) is 4. The fourth-order valence-electron chi connectivity index (χ4n) is 3.01. The summed E-state index contributed by atoms with van der Waals surface area (Å²) >= 11 is 0. The smallest absolute Gasteiger partial charge is 0.270 e. The zero-order chi connectivity index (χ0) is 18.8. The molecule has 0 unspecified atom stereocenters. The van der Waals surface area contributed by atoms with Gasteiger partial charge in [-0.1, -0.05) is 26.0 Å². The molecule has 0 radical (unpaired) electrons. The van der Waals surface area contributed by atoms with Crippen molar-refractivity contribution < 1.29 is 14.3 Å². The maximum Gasteiger partial charge on any atom is 0.270 e. The third-order valence-corrected chi connectivity index (χ3v) is 4.42. The monoisotopic (exact) mass is 367 g/mol. The molecule has 8 heteroatoms. The maximum atomic E-state index is 12.5. The van der Waals surface area contributed by atoms with Crippen LogP contribution in [0.5, 0.6) is 11.5 Å². The summed E-state index contributed by atoms with van der Waals surface area (Å²) in [6.45, 7) is 5.01.